The Morgan fingerprint density at radius 3 is 1.85 bits per heavy atom. The van der Waals surface area contributed by atoms with Gasteiger partial charge < -0.3 is 29.5 Å². The molecule has 68 heavy (non-hydrogen) atoms. The summed E-state index contributed by atoms with van der Waals surface area (Å²) in [4.78, 5) is 77.3. The molecule has 1 N–H and O–H groups in total. The Morgan fingerprint density at radius 1 is 0.691 bits per heavy atom. The predicted molar refractivity (Wildman–Crippen MR) is 263 cm³/mol. The molecule has 2 fully saturated rings. The predicted octanol–water partition coefficient (Wildman–Crippen LogP) is 9.66. The number of ether oxygens (including phenoxy) is 2. The fraction of sp³-hybridized carbons (Fsp3) is 0.375. The summed E-state index contributed by atoms with van der Waals surface area (Å²) in [5, 5.41) is 3.37. The molecule has 11 nitrogen and oxygen atoms in total. The maximum absolute atomic E-state index is 15.2. The molecule has 0 bridgehead atoms. The van der Waals surface area contributed by atoms with Crippen LogP contribution >= 0.6 is 11.6 Å². The van der Waals surface area contributed by atoms with Crippen LogP contribution in [-0.2, 0) is 34.3 Å². The summed E-state index contributed by atoms with van der Waals surface area (Å²) in [6.45, 7) is 2.06. The van der Waals surface area contributed by atoms with Gasteiger partial charge in [-0.2, -0.15) is 0 Å². The number of hydrogen-bond donors (Lipinski definition) is 1. The number of fused-ring (bicyclic) bond motifs is 3. The minimum absolute atomic E-state index is 0.0908. The zero-order valence-corrected chi connectivity index (χ0v) is 40.3. The summed E-state index contributed by atoms with van der Waals surface area (Å²) in [7, 11) is 6.28. The monoisotopic (exact) mass is 936 g/mol. The van der Waals surface area contributed by atoms with Gasteiger partial charge in [0.1, 0.15) is 24.2 Å². The van der Waals surface area contributed by atoms with Crippen LogP contribution in [0.25, 0.3) is 11.1 Å². The van der Waals surface area contributed by atoms with Crippen molar-refractivity contribution in [2.75, 3.05) is 34.8 Å². The number of benzene rings is 5. The highest BCUT2D eigenvalue weighted by molar-refractivity contribution is 6.31. The lowest BCUT2D eigenvalue weighted by Crippen LogP contribution is -2.63. The highest BCUT2D eigenvalue weighted by Gasteiger charge is 2.50. The number of esters is 1. The third-order valence-corrected chi connectivity index (χ3v) is 14.8. The molecule has 0 aliphatic heterocycles. The molecule has 5 aromatic rings. The fourth-order valence-corrected chi connectivity index (χ4v) is 11.2. The Morgan fingerprint density at radius 2 is 1.25 bits per heavy atom. The Labute approximate surface area is 404 Å². The van der Waals surface area contributed by atoms with Gasteiger partial charge in [-0.15, -0.1) is 0 Å². The van der Waals surface area contributed by atoms with E-state index in [9.17, 15) is 14.4 Å². The van der Waals surface area contributed by atoms with E-state index in [1.165, 1.54) is 21.7 Å². The molecule has 354 valence electrons. The van der Waals surface area contributed by atoms with Crippen molar-refractivity contribution in [3.8, 4) is 11.1 Å². The average molecular weight is 938 g/mol. The minimum Gasteiger partial charge on any atom is -0.449 e. The molecule has 12 heteroatoms. The zero-order valence-electron chi connectivity index (χ0n) is 39.6. The largest absolute Gasteiger partial charge is 0.449 e. The first-order chi connectivity index (χ1) is 32.8. The molecule has 0 heterocycles. The number of hydrogen-bond acceptors (Lipinski definition) is 7. The van der Waals surface area contributed by atoms with Crippen LogP contribution in [0, 0.1) is 12.8 Å². The van der Waals surface area contributed by atoms with E-state index in [2.05, 4.69) is 29.6 Å². The van der Waals surface area contributed by atoms with Gasteiger partial charge in [-0.05, 0) is 66.8 Å². The molecule has 1 unspecified atom stereocenters. The normalized spacial score (nSPS) is 16.9. The van der Waals surface area contributed by atoms with E-state index in [1.54, 1.807) is 33.3 Å². The van der Waals surface area contributed by atoms with Gasteiger partial charge in [0.15, 0.2) is 5.60 Å². The summed E-state index contributed by atoms with van der Waals surface area (Å²) in [6.07, 6.45) is 4.11. The van der Waals surface area contributed by atoms with Crippen LogP contribution in [0.15, 0.2) is 127 Å². The summed E-state index contributed by atoms with van der Waals surface area (Å²) in [6, 6.07) is 38.1. The molecule has 0 radical (unpaired) electrons. The van der Waals surface area contributed by atoms with Gasteiger partial charge in [-0.1, -0.05) is 164 Å². The number of halogens is 1. The Kier molecular flexibility index (Phi) is 14.4. The molecule has 0 aromatic heterocycles. The van der Waals surface area contributed by atoms with Gasteiger partial charge in [-0.3, -0.25) is 19.2 Å². The van der Waals surface area contributed by atoms with Gasteiger partial charge in [0.25, 0.3) is 0 Å². The van der Waals surface area contributed by atoms with Crippen molar-refractivity contribution in [1.82, 2.24) is 20.0 Å². The van der Waals surface area contributed by atoms with Gasteiger partial charge in [0, 0.05) is 55.8 Å². The molecule has 0 saturated heterocycles. The van der Waals surface area contributed by atoms with Gasteiger partial charge in [-0.25, -0.2) is 4.79 Å². The molecule has 3 aliphatic carbocycles. The van der Waals surface area contributed by atoms with Gasteiger partial charge in [0.05, 0.1) is 6.42 Å². The Bertz CT molecular complexity index is 2600. The lowest BCUT2D eigenvalue weighted by molar-refractivity contribution is -0.160. The first-order valence-corrected chi connectivity index (χ1v) is 24.1. The minimum atomic E-state index is -1.53. The van der Waals surface area contributed by atoms with Crippen LogP contribution in [0.2, 0.25) is 5.02 Å². The Hall–Kier alpha value is -6.46. The molecule has 5 aromatic carbocycles. The third-order valence-electron chi connectivity index (χ3n) is 14.4. The summed E-state index contributed by atoms with van der Waals surface area (Å²) < 4.78 is 12.7. The highest BCUT2D eigenvalue weighted by atomic mass is 35.5. The van der Waals surface area contributed by atoms with Crippen molar-refractivity contribution in [2.45, 2.75) is 93.9 Å². The van der Waals surface area contributed by atoms with Crippen molar-refractivity contribution < 1.29 is 33.4 Å². The molecule has 4 amide bonds. The first-order valence-electron chi connectivity index (χ1n) is 23.7. The summed E-state index contributed by atoms with van der Waals surface area (Å²) in [5.41, 5.74) is 4.36. The number of aryl methyl sites for hydroxylation is 1. The third kappa shape index (κ3) is 9.37. The van der Waals surface area contributed by atoms with Crippen LogP contribution in [0.1, 0.15) is 97.1 Å². The zero-order chi connectivity index (χ0) is 48.2. The lowest BCUT2D eigenvalue weighted by Gasteiger charge is -2.41. The second-order valence-corrected chi connectivity index (χ2v) is 19.3. The van der Waals surface area contributed by atoms with E-state index in [0.717, 1.165) is 40.7 Å². The van der Waals surface area contributed by atoms with Gasteiger partial charge in [0.2, 0.25) is 17.7 Å². The number of nitrogens with zero attached hydrogens (tertiary/aromatic N) is 3. The summed E-state index contributed by atoms with van der Waals surface area (Å²) >= 11 is 6.96. The second kappa shape index (κ2) is 20.4. The summed E-state index contributed by atoms with van der Waals surface area (Å²) in [5.74, 6) is -2.47. The number of alkyl carbamates (subject to hydrolysis) is 1. The molecular formula is C56H61ClN4O7. The van der Waals surface area contributed by atoms with E-state index >= 15 is 9.59 Å². The smallest absolute Gasteiger partial charge is 0.408 e. The van der Waals surface area contributed by atoms with Crippen molar-refractivity contribution >= 4 is 41.4 Å². The maximum Gasteiger partial charge on any atom is 0.408 e. The van der Waals surface area contributed by atoms with Crippen LogP contribution < -0.4 is 5.32 Å². The van der Waals surface area contributed by atoms with Crippen molar-refractivity contribution in [3.05, 3.63) is 166 Å². The first kappa shape index (κ1) is 48.0. The van der Waals surface area contributed by atoms with E-state index in [1.807, 2.05) is 97.9 Å². The second-order valence-electron chi connectivity index (χ2n) is 18.9. The molecule has 3 atom stereocenters. The number of rotatable bonds is 15. The van der Waals surface area contributed by atoms with E-state index in [-0.39, 0.29) is 24.3 Å². The molecule has 3 aliphatic rings. The van der Waals surface area contributed by atoms with Gasteiger partial charge >= 0.3 is 12.1 Å². The van der Waals surface area contributed by atoms with Crippen molar-refractivity contribution in [1.29, 1.82) is 0 Å². The average Bonchev–Trinajstić information content (AvgIpc) is 4.13. The number of amides is 4. The Balaban J connectivity index is 1.05. The van der Waals surface area contributed by atoms with Crippen LogP contribution in [0.3, 0.4) is 0 Å². The number of carbonyl (C=O) groups excluding carboxylic acids is 5. The lowest BCUT2D eigenvalue weighted by atomic mass is 9.79. The molecule has 2 saturated carbocycles. The SMILES string of the molecule is Cc1ccc(C(OC(=O)C[C@@H](C(=O)N(C)C)N(C)C(=O)[C@H](C2CCCC2)N(C)C(=O)C2(NC(=O)OCC3c4ccccc4-c4ccccc43)CCCC2)(c2ccccc2)c2ccccc2Cl)cc1. The van der Waals surface area contributed by atoms with Crippen LogP contribution in [0.5, 0.6) is 0 Å². The molecule has 8 rings (SSSR count). The van der Waals surface area contributed by atoms with E-state index < -0.39 is 53.5 Å². The van der Waals surface area contributed by atoms with Crippen LogP contribution in [0.4, 0.5) is 4.79 Å². The van der Waals surface area contributed by atoms with Crippen molar-refractivity contribution in [2.24, 2.45) is 5.92 Å². The van der Waals surface area contributed by atoms with Crippen molar-refractivity contribution in [3.63, 3.8) is 0 Å². The van der Waals surface area contributed by atoms with Crippen LogP contribution in [-0.4, -0.2) is 96.9 Å². The fourth-order valence-electron chi connectivity index (χ4n) is 10.9. The van der Waals surface area contributed by atoms with E-state index in [4.69, 9.17) is 21.1 Å². The van der Waals surface area contributed by atoms with E-state index in [0.29, 0.717) is 60.2 Å². The highest BCUT2D eigenvalue weighted by Crippen LogP contribution is 2.46. The number of carbonyl (C=O) groups is 5. The molecule has 0 spiro atoms. The topological polar surface area (TPSA) is 126 Å². The molecular weight excluding hydrogens is 876 g/mol. The standard InChI is InChI=1S/C56H61ClN4O7/c1-37-29-31-40(32-30-37)56(39-21-7-6-8-22-39,46-27-15-16-28-47(46)57)68-49(62)35-48(51(63)59(2)3)60(4)52(64)50(38-19-9-10-20-38)61(5)53(65)55(33-17-18-34-55)58-54(66)67-36-45-43-25-13-11-23-41(43)42-24-12-14-26-44(42)45/h6-8,11-16,21-32,38,45,48,50H,9-10,17-20,33-36H2,1-5H3,(H,58,66)/t48-,50-,56?/m0/s1. The maximum atomic E-state index is 15.2. The number of nitrogens with one attached hydrogen (secondary N) is 1. The number of likely N-dealkylation sites (N-methyl/N-ethyl adjacent to an activating group) is 3. The quantitative estimate of drug-likeness (QED) is 0.0819.